The molecule has 36 heavy (non-hydrogen) atoms. The summed E-state index contributed by atoms with van der Waals surface area (Å²) in [5.74, 6) is -0.349. The first-order valence-electron chi connectivity index (χ1n) is 10.8. The molecule has 0 aliphatic carbocycles. The van der Waals surface area contributed by atoms with Crippen molar-refractivity contribution in [1.82, 2.24) is 13.9 Å². The van der Waals surface area contributed by atoms with Gasteiger partial charge in [0.25, 0.3) is 5.56 Å². The molecule has 0 saturated carbocycles. The van der Waals surface area contributed by atoms with Crippen LogP contribution in [0.3, 0.4) is 0 Å². The summed E-state index contributed by atoms with van der Waals surface area (Å²) in [6.45, 7) is 3.50. The number of para-hydroxylation sites is 1. The van der Waals surface area contributed by atoms with E-state index in [0.717, 1.165) is 39.7 Å². The lowest BCUT2D eigenvalue weighted by atomic mass is 10.1. The van der Waals surface area contributed by atoms with Gasteiger partial charge < -0.3 is 4.74 Å². The lowest BCUT2D eigenvalue weighted by molar-refractivity contribution is -0.274. The minimum absolute atomic E-state index is 0.189. The highest BCUT2D eigenvalue weighted by atomic mass is 32.2. The zero-order valence-electron chi connectivity index (χ0n) is 19.6. The van der Waals surface area contributed by atoms with Crippen LogP contribution in [-0.4, -0.2) is 35.7 Å². The van der Waals surface area contributed by atoms with Crippen LogP contribution in [0.4, 0.5) is 13.2 Å². The number of halogens is 3. The molecule has 0 spiro atoms. The molecule has 0 saturated heterocycles. The Morgan fingerprint density at radius 3 is 2.31 bits per heavy atom. The van der Waals surface area contributed by atoms with E-state index in [0.29, 0.717) is 16.6 Å². The van der Waals surface area contributed by atoms with Crippen LogP contribution in [-0.2, 0) is 16.6 Å². The zero-order chi connectivity index (χ0) is 26.3. The molecule has 0 unspecified atom stereocenters. The van der Waals surface area contributed by atoms with E-state index in [-0.39, 0.29) is 22.8 Å². The van der Waals surface area contributed by atoms with Crippen molar-refractivity contribution in [3.63, 3.8) is 0 Å². The van der Waals surface area contributed by atoms with Crippen molar-refractivity contribution in [1.29, 1.82) is 0 Å². The molecule has 0 N–H and O–H groups in total. The molecule has 188 valence electrons. The van der Waals surface area contributed by atoms with Gasteiger partial charge in [-0.15, -0.1) is 13.2 Å². The number of aromatic nitrogens is 2. The molecule has 0 aliphatic heterocycles. The van der Waals surface area contributed by atoms with Crippen molar-refractivity contribution in [3.8, 4) is 11.4 Å². The molecule has 0 bridgehead atoms. The van der Waals surface area contributed by atoms with Gasteiger partial charge in [-0.1, -0.05) is 29.8 Å². The topological polar surface area (TPSA) is 81.5 Å². The number of alkyl halides is 3. The number of nitrogens with zero attached hydrogens (tertiary/aromatic N) is 3. The van der Waals surface area contributed by atoms with Gasteiger partial charge in [0.1, 0.15) is 11.6 Å². The van der Waals surface area contributed by atoms with Crippen LogP contribution in [0, 0.1) is 13.8 Å². The number of sulfonamides is 1. The lowest BCUT2D eigenvalue weighted by Gasteiger charge is -2.21. The number of hydrogen-bond donors (Lipinski definition) is 0. The Morgan fingerprint density at radius 2 is 1.67 bits per heavy atom. The average Bonchev–Trinajstić information content (AvgIpc) is 2.79. The van der Waals surface area contributed by atoms with Gasteiger partial charge in [0.2, 0.25) is 10.0 Å². The smallest absolute Gasteiger partial charge is 0.406 e. The summed E-state index contributed by atoms with van der Waals surface area (Å²) < 4.78 is 69.9. The van der Waals surface area contributed by atoms with E-state index in [1.165, 1.54) is 11.6 Å². The van der Waals surface area contributed by atoms with Crippen molar-refractivity contribution in [2.75, 3.05) is 7.05 Å². The van der Waals surface area contributed by atoms with Gasteiger partial charge in [0, 0.05) is 7.05 Å². The fourth-order valence-electron chi connectivity index (χ4n) is 3.87. The first kappa shape index (κ1) is 25.4. The van der Waals surface area contributed by atoms with Crippen molar-refractivity contribution >= 4 is 20.9 Å². The number of aryl methyl sites for hydroxylation is 2. The van der Waals surface area contributed by atoms with Crippen LogP contribution in [0.25, 0.3) is 16.6 Å². The number of fused-ring (bicyclic) bond motifs is 1. The quantitative estimate of drug-likeness (QED) is 0.370. The second-order valence-corrected chi connectivity index (χ2v) is 10.3. The summed E-state index contributed by atoms with van der Waals surface area (Å²) in [5, 5.41) is 0.381. The van der Waals surface area contributed by atoms with E-state index in [1.807, 2.05) is 26.0 Å². The fourth-order valence-corrected chi connectivity index (χ4v) is 4.99. The molecular weight excluding hydrogens is 495 g/mol. The summed E-state index contributed by atoms with van der Waals surface area (Å²) in [6, 6.07) is 16.2. The molecule has 4 rings (SSSR count). The molecule has 0 radical (unpaired) electrons. The van der Waals surface area contributed by atoms with Gasteiger partial charge in [-0.05, 0) is 61.9 Å². The van der Waals surface area contributed by atoms with E-state index in [9.17, 15) is 26.4 Å². The Labute approximate surface area is 205 Å². The Balaban J connectivity index is 1.77. The fraction of sp³-hybridized carbons (Fsp3) is 0.200. The predicted molar refractivity (Wildman–Crippen MR) is 129 cm³/mol. The summed E-state index contributed by atoms with van der Waals surface area (Å²) in [4.78, 5) is 17.8. The third kappa shape index (κ3) is 5.12. The third-order valence-corrected chi connectivity index (χ3v) is 7.39. The summed E-state index contributed by atoms with van der Waals surface area (Å²) >= 11 is 0. The lowest BCUT2D eigenvalue weighted by Crippen LogP contribution is -2.32. The van der Waals surface area contributed by atoms with Crippen LogP contribution in [0.1, 0.15) is 17.0 Å². The molecule has 0 atom stereocenters. The Morgan fingerprint density at radius 1 is 1.00 bits per heavy atom. The molecule has 0 aliphatic rings. The molecule has 4 aromatic rings. The second-order valence-electron chi connectivity index (χ2n) is 8.26. The summed E-state index contributed by atoms with van der Waals surface area (Å²) in [5.41, 5.74) is 2.44. The van der Waals surface area contributed by atoms with Crippen LogP contribution >= 0.6 is 0 Å². The van der Waals surface area contributed by atoms with Gasteiger partial charge in [0.05, 0.1) is 28.0 Å². The molecule has 7 nitrogen and oxygen atoms in total. The minimum Gasteiger partial charge on any atom is -0.406 e. The van der Waals surface area contributed by atoms with Gasteiger partial charge in [-0.2, -0.15) is 4.31 Å². The average molecular weight is 518 g/mol. The third-order valence-electron chi connectivity index (χ3n) is 5.57. The van der Waals surface area contributed by atoms with E-state index in [2.05, 4.69) is 9.72 Å². The van der Waals surface area contributed by atoms with E-state index in [4.69, 9.17) is 0 Å². The van der Waals surface area contributed by atoms with Crippen molar-refractivity contribution in [2.45, 2.75) is 31.7 Å². The number of ether oxygens (including phenoxy) is 1. The zero-order valence-corrected chi connectivity index (χ0v) is 20.4. The highest BCUT2D eigenvalue weighted by Gasteiger charge is 2.31. The highest BCUT2D eigenvalue weighted by Crippen LogP contribution is 2.26. The number of hydrogen-bond acceptors (Lipinski definition) is 5. The van der Waals surface area contributed by atoms with Crippen LogP contribution in [0.15, 0.2) is 76.4 Å². The second kappa shape index (κ2) is 9.40. The molecule has 0 amide bonds. The Hall–Kier alpha value is -3.70. The summed E-state index contributed by atoms with van der Waals surface area (Å²) in [7, 11) is -2.83. The SMILES string of the molecule is Cc1ccc(-n2c(CN(C)S(=O)(=O)c3ccc(OC(F)(F)F)cc3)nc3ccccc3c2=O)c(C)c1. The minimum atomic E-state index is -4.89. The maximum Gasteiger partial charge on any atom is 0.573 e. The molecular formula is C25H22F3N3O4S. The number of benzene rings is 3. The predicted octanol–water partition coefficient (Wildman–Crippen LogP) is 4.72. The highest BCUT2D eigenvalue weighted by molar-refractivity contribution is 7.89. The first-order chi connectivity index (χ1) is 16.9. The Kier molecular flexibility index (Phi) is 6.63. The van der Waals surface area contributed by atoms with E-state index in [1.54, 1.807) is 30.3 Å². The molecule has 11 heteroatoms. The van der Waals surface area contributed by atoms with Crippen molar-refractivity contribution in [3.05, 3.63) is 94.0 Å². The first-order valence-corrected chi connectivity index (χ1v) is 12.2. The van der Waals surface area contributed by atoms with Crippen LogP contribution in [0.5, 0.6) is 5.75 Å². The molecule has 0 fully saturated rings. The molecule has 1 aromatic heterocycles. The van der Waals surface area contributed by atoms with Crippen molar-refractivity contribution in [2.24, 2.45) is 0 Å². The maximum absolute atomic E-state index is 13.5. The Bertz CT molecular complexity index is 1600. The molecule has 3 aromatic carbocycles. The summed E-state index contributed by atoms with van der Waals surface area (Å²) in [6.07, 6.45) is -4.89. The van der Waals surface area contributed by atoms with E-state index < -0.39 is 22.1 Å². The van der Waals surface area contributed by atoms with E-state index >= 15 is 0 Å². The standard InChI is InChI=1S/C25H22F3N3O4S/c1-16-8-13-22(17(2)14-16)31-23(29-21-7-5-4-6-20(21)24(31)32)15-30(3)36(33,34)19-11-9-18(10-12-19)35-25(26,27)28/h4-14H,15H2,1-3H3. The number of rotatable bonds is 6. The van der Waals surface area contributed by atoms with Crippen LogP contribution < -0.4 is 10.3 Å². The normalized spacial score (nSPS) is 12.3. The van der Waals surface area contributed by atoms with Gasteiger partial charge in [-0.25, -0.2) is 13.4 Å². The largest absolute Gasteiger partial charge is 0.573 e. The van der Waals surface area contributed by atoms with Crippen molar-refractivity contribution < 1.29 is 26.3 Å². The van der Waals surface area contributed by atoms with Gasteiger partial charge in [-0.3, -0.25) is 9.36 Å². The monoisotopic (exact) mass is 517 g/mol. The molecule has 1 heterocycles. The maximum atomic E-state index is 13.5. The van der Waals surface area contributed by atoms with Gasteiger partial charge >= 0.3 is 6.36 Å². The van der Waals surface area contributed by atoms with Crippen LogP contribution in [0.2, 0.25) is 0 Å². The van der Waals surface area contributed by atoms with Gasteiger partial charge in [0.15, 0.2) is 0 Å².